The van der Waals surface area contributed by atoms with Gasteiger partial charge >= 0.3 is 0 Å². The molecule has 0 aromatic rings. The van der Waals surface area contributed by atoms with Crippen LogP contribution in [0.2, 0.25) is 36.3 Å². The highest BCUT2D eigenvalue weighted by Crippen LogP contribution is 2.44. The van der Waals surface area contributed by atoms with Crippen molar-refractivity contribution in [2.24, 2.45) is 0 Å². The standard InChI is InChI=1S/C22H42O2Si2/c1-13-14-18-15-19(23-25(9,10)21(3,4)5)17(2)20(16-18)24-26(11,12)22(6,7)8/h13-14,19-20H,1-2,15-16H2,3-12H3/t19-,20-/m1/s1. The number of rotatable bonds is 5. The summed E-state index contributed by atoms with van der Waals surface area (Å²) in [6, 6.07) is 0. The third-order valence-corrected chi connectivity index (χ3v) is 15.5. The average Bonchev–Trinajstić information content (AvgIpc) is 2.41. The van der Waals surface area contributed by atoms with Crippen LogP contribution in [-0.2, 0) is 8.85 Å². The number of allylic oxidation sites excluding steroid dienone is 2. The molecule has 0 heterocycles. The van der Waals surface area contributed by atoms with E-state index in [-0.39, 0.29) is 22.3 Å². The minimum atomic E-state index is -1.87. The Morgan fingerprint density at radius 3 is 1.46 bits per heavy atom. The van der Waals surface area contributed by atoms with Crippen LogP contribution in [0.15, 0.2) is 36.5 Å². The fraction of sp³-hybridized carbons (Fsp3) is 0.727. The molecule has 1 fully saturated rings. The molecule has 0 amide bonds. The third kappa shape index (κ3) is 5.54. The molecule has 0 spiro atoms. The van der Waals surface area contributed by atoms with Gasteiger partial charge in [-0.15, -0.1) is 0 Å². The van der Waals surface area contributed by atoms with Crippen LogP contribution < -0.4 is 0 Å². The molecule has 26 heavy (non-hydrogen) atoms. The second kappa shape index (κ2) is 7.90. The van der Waals surface area contributed by atoms with Gasteiger partial charge in [0.15, 0.2) is 16.6 Å². The van der Waals surface area contributed by atoms with Crippen molar-refractivity contribution in [2.75, 3.05) is 0 Å². The maximum absolute atomic E-state index is 6.76. The summed E-state index contributed by atoms with van der Waals surface area (Å²) in [5.41, 5.74) is 2.49. The van der Waals surface area contributed by atoms with E-state index in [4.69, 9.17) is 8.85 Å². The van der Waals surface area contributed by atoms with Crippen molar-refractivity contribution >= 4 is 16.6 Å². The SMILES string of the molecule is C=CC=C1C[C@@H](O[Si](C)(C)C(C)(C)C)C(=C)[C@H](O[Si](C)(C)C(C)(C)C)C1. The minimum Gasteiger partial charge on any atom is -0.410 e. The van der Waals surface area contributed by atoms with E-state index < -0.39 is 16.6 Å². The molecule has 4 heteroatoms. The lowest BCUT2D eigenvalue weighted by Gasteiger charge is -2.46. The molecule has 0 radical (unpaired) electrons. The van der Waals surface area contributed by atoms with Gasteiger partial charge in [-0.1, -0.05) is 72.4 Å². The molecule has 150 valence electrons. The van der Waals surface area contributed by atoms with Gasteiger partial charge in [0.25, 0.3) is 0 Å². The first-order chi connectivity index (χ1) is 11.5. The molecule has 1 aliphatic rings. The molecule has 0 aromatic heterocycles. The summed E-state index contributed by atoms with van der Waals surface area (Å²) < 4.78 is 13.5. The molecule has 0 unspecified atom stereocenters. The Morgan fingerprint density at radius 2 is 1.19 bits per heavy atom. The van der Waals surface area contributed by atoms with Crippen molar-refractivity contribution < 1.29 is 8.85 Å². The molecular formula is C22H42O2Si2. The highest BCUT2D eigenvalue weighted by molar-refractivity contribution is 6.74. The van der Waals surface area contributed by atoms with Crippen LogP contribution >= 0.6 is 0 Å². The highest BCUT2D eigenvalue weighted by Gasteiger charge is 2.44. The van der Waals surface area contributed by atoms with Crippen molar-refractivity contribution in [3.63, 3.8) is 0 Å². The van der Waals surface area contributed by atoms with E-state index in [0.717, 1.165) is 18.4 Å². The highest BCUT2D eigenvalue weighted by atomic mass is 28.4. The first kappa shape index (κ1) is 23.6. The molecule has 0 saturated heterocycles. The molecular weight excluding hydrogens is 352 g/mol. The Labute approximate surface area is 165 Å². The summed E-state index contributed by atoms with van der Waals surface area (Å²) in [6.45, 7) is 31.3. The van der Waals surface area contributed by atoms with E-state index in [1.807, 2.05) is 6.08 Å². The zero-order chi connectivity index (χ0) is 20.6. The molecule has 0 aromatic carbocycles. The van der Waals surface area contributed by atoms with Crippen molar-refractivity contribution in [1.82, 2.24) is 0 Å². The summed E-state index contributed by atoms with van der Waals surface area (Å²) in [6.07, 6.45) is 5.94. The lowest BCUT2D eigenvalue weighted by atomic mass is 9.86. The van der Waals surface area contributed by atoms with E-state index in [1.54, 1.807) is 0 Å². The van der Waals surface area contributed by atoms with E-state index in [1.165, 1.54) is 5.57 Å². The van der Waals surface area contributed by atoms with Gasteiger partial charge in [0, 0.05) is 0 Å². The Morgan fingerprint density at radius 1 is 0.846 bits per heavy atom. The topological polar surface area (TPSA) is 18.5 Å². The second-order valence-corrected chi connectivity index (χ2v) is 20.3. The smallest absolute Gasteiger partial charge is 0.192 e. The minimum absolute atomic E-state index is 0.0469. The van der Waals surface area contributed by atoms with Gasteiger partial charge in [0.1, 0.15) is 0 Å². The predicted molar refractivity (Wildman–Crippen MR) is 121 cm³/mol. The lowest BCUT2D eigenvalue weighted by molar-refractivity contribution is 0.132. The van der Waals surface area contributed by atoms with Gasteiger partial charge in [-0.2, -0.15) is 0 Å². The van der Waals surface area contributed by atoms with Crippen molar-refractivity contribution in [2.45, 2.75) is 103 Å². The van der Waals surface area contributed by atoms with Crippen LogP contribution in [0, 0.1) is 0 Å². The lowest BCUT2D eigenvalue weighted by Crippen LogP contribution is -2.49. The summed E-state index contributed by atoms with van der Waals surface area (Å²) >= 11 is 0. The Balaban J connectivity index is 3.12. The van der Waals surface area contributed by atoms with Crippen molar-refractivity contribution in [3.8, 4) is 0 Å². The van der Waals surface area contributed by atoms with Crippen LogP contribution in [0.4, 0.5) is 0 Å². The summed E-state index contributed by atoms with van der Waals surface area (Å²) in [7, 11) is -3.74. The van der Waals surface area contributed by atoms with Gasteiger partial charge in [-0.05, 0) is 54.7 Å². The second-order valence-electron chi connectivity index (χ2n) is 10.8. The van der Waals surface area contributed by atoms with Gasteiger partial charge in [-0.3, -0.25) is 0 Å². The molecule has 0 N–H and O–H groups in total. The molecule has 1 rings (SSSR count). The van der Waals surface area contributed by atoms with Crippen LogP contribution in [0.25, 0.3) is 0 Å². The van der Waals surface area contributed by atoms with Crippen LogP contribution in [0.3, 0.4) is 0 Å². The molecule has 2 atom stereocenters. The number of hydrogen-bond donors (Lipinski definition) is 0. The van der Waals surface area contributed by atoms with Crippen molar-refractivity contribution in [3.05, 3.63) is 36.5 Å². The largest absolute Gasteiger partial charge is 0.410 e. The van der Waals surface area contributed by atoms with Crippen LogP contribution in [0.5, 0.6) is 0 Å². The first-order valence-electron chi connectivity index (χ1n) is 9.86. The fourth-order valence-electron chi connectivity index (χ4n) is 2.63. The average molecular weight is 395 g/mol. The van der Waals surface area contributed by atoms with E-state index in [9.17, 15) is 0 Å². The number of hydrogen-bond acceptors (Lipinski definition) is 2. The molecule has 0 bridgehead atoms. The predicted octanol–water partition coefficient (Wildman–Crippen LogP) is 7.23. The third-order valence-electron chi connectivity index (χ3n) is 6.56. The van der Waals surface area contributed by atoms with Crippen LogP contribution in [-0.4, -0.2) is 28.8 Å². The molecule has 1 saturated carbocycles. The molecule has 1 aliphatic carbocycles. The normalized spacial score (nSPS) is 23.2. The summed E-state index contributed by atoms with van der Waals surface area (Å²) in [5, 5.41) is 0.367. The maximum Gasteiger partial charge on any atom is 0.192 e. The Bertz CT molecular complexity index is 518. The Kier molecular flexibility index (Phi) is 7.18. The Hall–Kier alpha value is -0.426. The molecule has 0 aliphatic heterocycles. The van der Waals surface area contributed by atoms with E-state index in [2.05, 4.69) is 87.0 Å². The fourth-order valence-corrected chi connectivity index (χ4v) is 5.23. The quantitative estimate of drug-likeness (QED) is 0.361. The monoisotopic (exact) mass is 394 g/mol. The van der Waals surface area contributed by atoms with E-state index in [0.29, 0.717) is 0 Å². The van der Waals surface area contributed by atoms with Gasteiger partial charge in [0.05, 0.1) is 12.2 Å². The van der Waals surface area contributed by atoms with Gasteiger partial charge in [0.2, 0.25) is 0 Å². The molecule has 2 nitrogen and oxygen atoms in total. The zero-order valence-corrected chi connectivity index (χ0v) is 21.0. The maximum atomic E-state index is 6.76. The summed E-state index contributed by atoms with van der Waals surface area (Å²) in [5.74, 6) is 0. The van der Waals surface area contributed by atoms with Crippen molar-refractivity contribution in [1.29, 1.82) is 0 Å². The zero-order valence-electron chi connectivity index (χ0n) is 19.0. The van der Waals surface area contributed by atoms with Crippen LogP contribution in [0.1, 0.15) is 54.4 Å². The van der Waals surface area contributed by atoms with Gasteiger partial charge in [-0.25, -0.2) is 0 Å². The first-order valence-corrected chi connectivity index (χ1v) is 15.7. The van der Waals surface area contributed by atoms with E-state index >= 15 is 0 Å². The summed E-state index contributed by atoms with van der Waals surface area (Å²) in [4.78, 5) is 0. The van der Waals surface area contributed by atoms with Gasteiger partial charge < -0.3 is 8.85 Å².